The van der Waals surface area contributed by atoms with Crippen LogP contribution >= 0.6 is 0 Å². The molecule has 1 aromatic carbocycles. The first-order valence-corrected chi connectivity index (χ1v) is 11.2. The summed E-state index contributed by atoms with van der Waals surface area (Å²) in [6.45, 7) is 2.98. The number of likely N-dealkylation sites (N-methyl/N-ethyl adjacent to an activating group) is 2. The molecule has 0 aliphatic carbocycles. The Morgan fingerprint density at radius 3 is 2.54 bits per heavy atom. The van der Waals surface area contributed by atoms with Crippen LogP contribution in [0.15, 0.2) is 24.3 Å². The van der Waals surface area contributed by atoms with E-state index in [-0.39, 0.29) is 30.0 Å². The molecule has 0 spiro atoms. The van der Waals surface area contributed by atoms with Crippen molar-refractivity contribution < 1.29 is 13.2 Å². The monoisotopic (exact) mass is 379 g/mol. The third kappa shape index (κ3) is 4.57. The topological polar surface area (TPSA) is 60.9 Å². The van der Waals surface area contributed by atoms with Gasteiger partial charge in [-0.3, -0.25) is 9.69 Å². The summed E-state index contributed by atoms with van der Waals surface area (Å²) in [6, 6.07) is 8.24. The van der Waals surface area contributed by atoms with E-state index in [1.807, 2.05) is 31.1 Å². The molecule has 1 amide bonds. The van der Waals surface area contributed by atoms with Gasteiger partial charge in [-0.1, -0.05) is 18.2 Å². The van der Waals surface area contributed by atoms with Gasteiger partial charge in [0.05, 0.1) is 18.1 Å². The first kappa shape index (κ1) is 19.2. The van der Waals surface area contributed by atoms with Crippen LogP contribution in [0.2, 0.25) is 0 Å². The van der Waals surface area contributed by atoms with Gasteiger partial charge in [-0.15, -0.1) is 0 Å². The van der Waals surface area contributed by atoms with Crippen molar-refractivity contribution in [3.05, 3.63) is 29.8 Å². The molecule has 6 nitrogen and oxygen atoms in total. The molecular formula is C19H29N3O3S. The van der Waals surface area contributed by atoms with Gasteiger partial charge in [-0.25, -0.2) is 8.42 Å². The Kier molecular flexibility index (Phi) is 5.87. The SMILES string of the molecule is CN(Cc1ccccc1N1CCCC1)C(=O)CN(C)C1CCS(=O)(=O)C1. The van der Waals surface area contributed by atoms with Crippen LogP contribution in [0.3, 0.4) is 0 Å². The van der Waals surface area contributed by atoms with Gasteiger partial charge in [-0.2, -0.15) is 0 Å². The van der Waals surface area contributed by atoms with E-state index in [2.05, 4.69) is 17.0 Å². The van der Waals surface area contributed by atoms with Crippen LogP contribution in [0.4, 0.5) is 5.69 Å². The van der Waals surface area contributed by atoms with Crippen molar-refractivity contribution >= 4 is 21.4 Å². The number of hydrogen-bond donors (Lipinski definition) is 0. The molecule has 2 heterocycles. The molecule has 0 aromatic heterocycles. The van der Waals surface area contributed by atoms with Crippen LogP contribution in [0.25, 0.3) is 0 Å². The molecule has 1 atom stereocenters. The van der Waals surface area contributed by atoms with Crippen molar-refractivity contribution in [2.24, 2.45) is 0 Å². The van der Waals surface area contributed by atoms with Crippen LogP contribution in [-0.4, -0.2) is 75.4 Å². The Morgan fingerprint density at radius 1 is 1.19 bits per heavy atom. The van der Waals surface area contributed by atoms with Crippen molar-refractivity contribution in [3.8, 4) is 0 Å². The maximum atomic E-state index is 12.6. The molecule has 2 fully saturated rings. The van der Waals surface area contributed by atoms with Crippen LogP contribution in [-0.2, 0) is 21.2 Å². The molecule has 0 radical (unpaired) electrons. The number of hydrogen-bond acceptors (Lipinski definition) is 5. The Labute approximate surface area is 156 Å². The van der Waals surface area contributed by atoms with Crippen molar-refractivity contribution in [3.63, 3.8) is 0 Å². The molecule has 2 saturated heterocycles. The minimum atomic E-state index is -2.93. The first-order chi connectivity index (χ1) is 12.4. The Morgan fingerprint density at radius 2 is 1.88 bits per heavy atom. The number of benzene rings is 1. The molecule has 2 aliphatic rings. The Hall–Kier alpha value is -1.60. The van der Waals surface area contributed by atoms with E-state index in [1.165, 1.54) is 18.5 Å². The highest BCUT2D eigenvalue weighted by Crippen LogP contribution is 2.25. The summed E-state index contributed by atoms with van der Waals surface area (Å²) in [5.41, 5.74) is 2.39. The van der Waals surface area contributed by atoms with Gasteiger partial charge in [0.25, 0.3) is 0 Å². The molecule has 3 rings (SSSR count). The van der Waals surface area contributed by atoms with E-state index in [4.69, 9.17) is 0 Å². The van der Waals surface area contributed by atoms with E-state index in [1.54, 1.807) is 4.90 Å². The van der Waals surface area contributed by atoms with Gasteiger partial charge in [0, 0.05) is 38.4 Å². The van der Waals surface area contributed by atoms with Crippen molar-refractivity contribution in [1.82, 2.24) is 9.80 Å². The average Bonchev–Trinajstić information content (AvgIpc) is 3.24. The number of carbonyl (C=O) groups is 1. The molecule has 26 heavy (non-hydrogen) atoms. The summed E-state index contributed by atoms with van der Waals surface area (Å²) in [4.78, 5) is 18.7. The van der Waals surface area contributed by atoms with Gasteiger partial charge in [-0.05, 0) is 37.9 Å². The summed E-state index contributed by atoms with van der Waals surface area (Å²) in [7, 11) is 0.732. The predicted octanol–water partition coefficient (Wildman–Crippen LogP) is 1.36. The molecule has 1 aromatic rings. The second-order valence-corrected chi connectivity index (χ2v) is 9.77. The predicted molar refractivity (Wildman–Crippen MR) is 104 cm³/mol. The quantitative estimate of drug-likeness (QED) is 0.747. The number of amides is 1. The fourth-order valence-corrected chi connectivity index (χ4v) is 5.65. The lowest BCUT2D eigenvalue weighted by Gasteiger charge is -2.27. The zero-order valence-corrected chi connectivity index (χ0v) is 16.5. The highest BCUT2D eigenvalue weighted by Gasteiger charge is 2.31. The average molecular weight is 380 g/mol. The van der Waals surface area contributed by atoms with Crippen LogP contribution in [0, 0.1) is 0 Å². The van der Waals surface area contributed by atoms with Gasteiger partial charge < -0.3 is 9.80 Å². The fourth-order valence-electron chi connectivity index (χ4n) is 3.84. The lowest BCUT2D eigenvalue weighted by molar-refractivity contribution is -0.131. The summed E-state index contributed by atoms with van der Waals surface area (Å²) < 4.78 is 23.3. The number of carbonyl (C=O) groups excluding carboxylic acids is 1. The van der Waals surface area contributed by atoms with E-state index in [0.29, 0.717) is 13.0 Å². The largest absolute Gasteiger partial charge is 0.371 e. The zero-order chi connectivity index (χ0) is 18.7. The standard InChI is InChI=1S/C19H29N3O3S/c1-20(17-9-12-26(24,25)15-17)14-19(23)21(2)13-16-7-3-4-8-18(16)22-10-5-6-11-22/h3-4,7-8,17H,5-6,9-15H2,1-2H3. The van der Waals surface area contributed by atoms with E-state index in [9.17, 15) is 13.2 Å². The number of nitrogens with zero attached hydrogens (tertiary/aromatic N) is 3. The fraction of sp³-hybridized carbons (Fsp3) is 0.632. The van der Waals surface area contributed by atoms with E-state index >= 15 is 0 Å². The van der Waals surface area contributed by atoms with Crippen LogP contribution < -0.4 is 4.90 Å². The van der Waals surface area contributed by atoms with Crippen molar-refractivity contribution in [1.29, 1.82) is 0 Å². The van der Waals surface area contributed by atoms with Gasteiger partial charge in [0.1, 0.15) is 0 Å². The summed E-state index contributed by atoms with van der Waals surface area (Å²) in [6.07, 6.45) is 3.06. The molecule has 0 saturated carbocycles. The smallest absolute Gasteiger partial charge is 0.236 e. The van der Waals surface area contributed by atoms with Gasteiger partial charge >= 0.3 is 0 Å². The normalized spacial score (nSPS) is 22.1. The molecule has 144 valence electrons. The lowest BCUT2D eigenvalue weighted by Crippen LogP contribution is -2.41. The number of anilines is 1. The van der Waals surface area contributed by atoms with Crippen molar-refractivity contribution in [2.45, 2.75) is 31.8 Å². The molecule has 7 heteroatoms. The van der Waals surface area contributed by atoms with E-state index in [0.717, 1.165) is 18.7 Å². The number of rotatable bonds is 6. The maximum Gasteiger partial charge on any atom is 0.236 e. The highest BCUT2D eigenvalue weighted by atomic mass is 32.2. The molecule has 2 aliphatic heterocycles. The third-order valence-corrected chi connectivity index (χ3v) is 7.24. The van der Waals surface area contributed by atoms with Gasteiger partial charge in [0.2, 0.25) is 5.91 Å². The summed E-state index contributed by atoms with van der Waals surface area (Å²) >= 11 is 0. The zero-order valence-electron chi connectivity index (χ0n) is 15.7. The van der Waals surface area contributed by atoms with Crippen LogP contribution in [0.5, 0.6) is 0 Å². The molecule has 0 N–H and O–H groups in total. The second kappa shape index (κ2) is 7.96. The summed E-state index contributed by atoms with van der Waals surface area (Å²) in [5.74, 6) is 0.418. The maximum absolute atomic E-state index is 12.6. The first-order valence-electron chi connectivity index (χ1n) is 9.33. The lowest BCUT2D eigenvalue weighted by atomic mass is 10.1. The minimum absolute atomic E-state index is 0.0213. The third-order valence-electron chi connectivity index (χ3n) is 5.49. The number of para-hydroxylation sites is 1. The number of sulfone groups is 1. The van der Waals surface area contributed by atoms with Gasteiger partial charge in [0.15, 0.2) is 9.84 Å². The Bertz CT molecular complexity index is 744. The molecule has 1 unspecified atom stereocenters. The van der Waals surface area contributed by atoms with Crippen molar-refractivity contribution in [2.75, 3.05) is 50.1 Å². The molecular weight excluding hydrogens is 350 g/mol. The minimum Gasteiger partial charge on any atom is -0.371 e. The second-order valence-electron chi connectivity index (χ2n) is 7.54. The molecule has 0 bridgehead atoms. The van der Waals surface area contributed by atoms with Crippen LogP contribution in [0.1, 0.15) is 24.8 Å². The highest BCUT2D eigenvalue weighted by molar-refractivity contribution is 7.91. The summed E-state index contributed by atoms with van der Waals surface area (Å²) in [5, 5.41) is 0. The van der Waals surface area contributed by atoms with E-state index < -0.39 is 9.84 Å². The Balaban J connectivity index is 1.59.